The number of benzene rings is 1. The van der Waals surface area contributed by atoms with Crippen LogP contribution in [-0.2, 0) is 0 Å². The van der Waals surface area contributed by atoms with E-state index < -0.39 is 0 Å². The molecular formula is C18H17ClN2O2S. The Morgan fingerprint density at radius 3 is 2.33 bits per heavy atom. The van der Waals surface area contributed by atoms with Gasteiger partial charge in [0.25, 0.3) is 5.91 Å². The van der Waals surface area contributed by atoms with E-state index in [-0.39, 0.29) is 11.7 Å². The minimum absolute atomic E-state index is 0.0238. The standard InChI is InChI=1S/C18H17ClN2O2S/c19-15-6-3-13(4-7-15)16(22)12-24-17-8-5-14(11-20-17)18(23)21-9-1-2-10-21/h3-8,11H,1-2,9-10,12H2. The summed E-state index contributed by atoms with van der Waals surface area (Å²) >= 11 is 7.18. The lowest BCUT2D eigenvalue weighted by Gasteiger charge is -2.14. The maximum Gasteiger partial charge on any atom is 0.255 e. The van der Waals surface area contributed by atoms with Gasteiger partial charge >= 0.3 is 0 Å². The molecule has 1 aliphatic heterocycles. The molecule has 24 heavy (non-hydrogen) atoms. The van der Waals surface area contributed by atoms with Crippen molar-refractivity contribution in [3.05, 3.63) is 58.7 Å². The molecule has 2 aromatic rings. The summed E-state index contributed by atoms with van der Waals surface area (Å²) < 4.78 is 0. The molecule has 0 atom stereocenters. The van der Waals surface area contributed by atoms with Crippen molar-refractivity contribution in [2.45, 2.75) is 17.9 Å². The van der Waals surface area contributed by atoms with Crippen molar-refractivity contribution in [1.29, 1.82) is 0 Å². The van der Waals surface area contributed by atoms with E-state index in [1.807, 2.05) is 4.90 Å². The van der Waals surface area contributed by atoms with Gasteiger partial charge in [-0.3, -0.25) is 9.59 Å². The Hall–Kier alpha value is -1.85. The van der Waals surface area contributed by atoms with Crippen LogP contribution in [0.4, 0.5) is 0 Å². The lowest BCUT2D eigenvalue weighted by molar-refractivity contribution is 0.0792. The largest absolute Gasteiger partial charge is 0.339 e. The van der Waals surface area contributed by atoms with Crippen LogP contribution in [0.1, 0.15) is 33.6 Å². The SMILES string of the molecule is O=C(CSc1ccc(C(=O)N2CCCC2)cn1)c1ccc(Cl)cc1. The highest BCUT2D eigenvalue weighted by Crippen LogP contribution is 2.19. The molecule has 0 N–H and O–H groups in total. The second-order valence-electron chi connectivity index (χ2n) is 5.60. The van der Waals surface area contributed by atoms with Crippen LogP contribution in [-0.4, -0.2) is 40.4 Å². The van der Waals surface area contributed by atoms with E-state index in [1.165, 1.54) is 11.8 Å². The van der Waals surface area contributed by atoms with Crippen molar-refractivity contribution in [3.63, 3.8) is 0 Å². The van der Waals surface area contributed by atoms with E-state index in [9.17, 15) is 9.59 Å². The molecule has 1 saturated heterocycles. The first-order valence-corrected chi connectivity index (χ1v) is 9.17. The number of likely N-dealkylation sites (tertiary alicyclic amines) is 1. The van der Waals surface area contributed by atoms with Gasteiger partial charge in [-0.05, 0) is 49.2 Å². The molecule has 0 spiro atoms. The smallest absolute Gasteiger partial charge is 0.255 e. The Bertz CT molecular complexity index is 726. The number of halogens is 1. The van der Waals surface area contributed by atoms with Crippen molar-refractivity contribution in [2.75, 3.05) is 18.8 Å². The number of hydrogen-bond donors (Lipinski definition) is 0. The number of carbonyl (C=O) groups is 2. The van der Waals surface area contributed by atoms with Crippen molar-refractivity contribution < 1.29 is 9.59 Å². The van der Waals surface area contributed by atoms with Gasteiger partial charge in [0.05, 0.1) is 16.3 Å². The van der Waals surface area contributed by atoms with Gasteiger partial charge in [0.1, 0.15) is 0 Å². The van der Waals surface area contributed by atoms with E-state index in [0.29, 0.717) is 21.9 Å². The molecule has 0 bridgehead atoms. The molecule has 6 heteroatoms. The zero-order chi connectivity index (χ0) is 16.9. The summed E-state index contributed by atoms with van der Waals surface area (Å²) in [5.41, 5.74) is 1.23. The predicted molar refractivity (Wildman–Crippen MR) is 95.9 cm³/mol. The molecule has 1 aliphatic rings. The second kappa shape index (κ2) is 7.81. The number of ketones is 1. The van der Waals surface area contributed by atoms with Crippen LogP contribution in [0.25, 0.3) is 0 Å². The van der Waals surface area contributed by atoms with Crippen molar-refractivity contribution in [2.24, 2.45) is 0 Å². The molecule has 0 aliphatic carbocycles. The number of hydrogen-bond acceptors (Lipinski definition) is 4. The zero-order valence-electron chi connectivity index (χ0n) is 13.1. The van der Waals surface area contributed by atoms with Crippen LogP contribution >= 0.6 is 23.4 Å². The molecule has 0 unspecified atom stereocenters. The summed E-state index contributed by atoms with van der Waals surface area (Å²) in [6.07, 6.45) is 3.73. The summed E-state index contributed by atoms with van der Waals surface area (Å²) in [6.45, 7) is 1.65. The fourth-order valence-electron chi connectivity index (χ4n) is 2.55. The number of pyridine rings is 1. The highest BCUT2D eigenvalue weighted by molar-refractivity contribution is 7.99. The van der Waals surface area contributed by atoms with Gasteiger partial charge < -0.3 is 4.90 Å². The fourth-order valence-corrected chi connectivity index (χ4v) is 3.42. The van der Waals surface area contributed by atoms with Crippen LogP contribution in [0, 0.1) is 0 Å². The normalized spacial score (nSPS) is 14.0. The van der Waals surface area contributed by atoms with Crippen molar-refractivity contribution in [1.82, 2.24) is 9.88 Å². The molecule has 1 amide bonds. The molecule has 1 fully saturated rings. The van der Waals surface area contributed by atoms with Gasteiger partial charge in [-0.15, -0.1) is 0 Å². The third-order valence-electron chi connectivity index (χ3n) is 3.89. The molecule has 0 saturated carbocycles. The van der Waals surface area contributed by atoms with Crippen molar-refractivity contribution >= 4 is 35.1 Å². The van der Waals surface area contributed by atoms with Crippen LogP contribution in [0.3, 0.4) is 0 Å². The molecule has 0 radical (unpaired) electrons. The quantitative estimate of drug-likeness (QED) is 0.598. The predicted octanol–water partition coefficient (Wildman–Crippen LogP) is 3.95. The average molecular weight is 361 g/mol. The third-order valence-corrected chi connectivity index (χ3v) is 5.09. The molecule has 2 heterocycles. The second-order valence-corrected chi connectivity index (χ2v) is 7.04. The maximum absolute atomic E-state index is 12.3. The summed E-state index contributed by atoms with van der Waals surface area (Å²) in [4.78, 5) is 30.5. The lowest BCUT2D eigenvalue weighted by atomic mass is 10.1. The van der Waals surface area contributed by atoms with E-state index in [2.05, 4.69) is 4.98 Å². The maximum atomic E-state index is 12.3. The van der Waals surface area contributed by atoms with Gasteiger partial charge in [-0.1, -0.05) is 23.4 Å². The van der Waals surface area contributed by atoms with E-state index in [1.54, 1.807) is 42.6 Å². The Balaban J connectivity index is 1.57. The summed E-state index contributed by atoms with van der Waals surface area (Å²) in [5.74, 6) is 0.359. The number of aromatic nitrogens is 1. The number of nitrogens with zero attached hydrogens (tertiary/aromatic N) is 2. The van der Waals surface area contributed by atoms with Gasteiger partial charge in [-0.25, -0.2) is 4.98 Å². The Kier molecular flexibility index (Phi) is 5.53. The minimum Gasteiger partial charge on any atom is -0.339 e. The average Bonchev–Trinajstić information content (AvgIpc) is 3.15. The van der Waals surface area contributed by atoms with Crippen molar-refractivity contribution in [3.8, 4) is 0 Å². The Morgan fingerprint density at radius 2 is 1.71 bits per heavy atom. The Labute approximate surface area is 150 Å². The summed E-state index contributed by atoms with van der Waals surface area (Å²) in [5, 5.41) is 1.34. The molecule has 3 rings (SSSR count). The fraction of sp³-hybridized carbons (Fsp3) is 0.278. The topological polar surface area (TPSA) is 50.3 Å². The first-order valence-electron chi connectivity index (χ1n) is 7.80. The van der Waals surface area contributed by atoms with E-state index in [0.717, 1.165) is 31.0 Å². The zero-order valence-corrected chi connectivity index (χ0v) is 14.6. The summed E-state index contributed by atoms with van der Waals surface area (Å²) in [6, 6.07) is 10.4. The molecule has 124 valence electrons. The van der Waals surface area contributed by atoms with Crippen LogP contribution in [0.15, 0.2) is 47.6 Å². The van der Waals surface area contributed by atoms with Gasteiger partial charge in [0, 0.05) is 29.9 Å². The highest BCUT2D eigenvalue weighted by atomic mass is 35.5. The van der Waals surface area contributed by atoms with Crippen LogP contribution in [0.2, 0.25) is 5.02 Å². The number of carbonyl (C=O) groups excluding carboxylic acids is 2. The van der Waals surface area contributed by atoms with Gasteiger partial charge in [-0.2, -0.15) is 0 Å². The molecule has 1 aromatic heterocycles. The number of thioether (sulfide) groups is 1. The molecular weight excluding hydrogens is 344 g/mol. The van der Waals surface area contributed by atoms with E-state index >= 15 is 0 Å². The monoisotopic (exact) mass is 360 g/mol. The van der Waals surface area contributed by atoms with Crippen LogP contribution in [0.5, 0.6) is 0 Å². The lowest BCUT2D eigenvalue weighted by Crippen LogP contribution is -2.27. The first kappa shape index (κ1) is 17.0. The summed E-state index contributed by atoms with van der Waals surface area (Å²) in [7, 11) is 0. The highest BCUT2D eigenvalue weighted by Gasteiger charge is 2.19. The molecule has 1 aromatic carbocycles. The Morgan fingerprint density at radius 1 is 1.04 bits per heavy atom. The molecule has 4 nitrogen and oxygen atoms in total. The first-order chi connectivity index (χ1) is 11.6. The van der Waals surface area contributed by atoms with Gasteiger partial charge in [0.15, 0.2) is 5.78 Å². The third kappa shape index (κ3) is 4.16. The van der Waals surface area contributed by atoms with Gasteiger partial charge in [0.2, 0.25) is 0 Å². The number of Topliss-reactive ketones (excluding diaryl/α,β-unsaturated/α-hetero) is 1. The van der Waals surface area contributed by atoms with Crippen LogP contribution < -0.4 is 0 Å². The van der Waals surface area contributed by atoms with E-state index in [4.69, 9.17) is 11.6 Å². The minimum atomic E-state index is 0.0238. The number of amides is 1. The number of rotatable bonds is 5.